The molecule has 0 aliphatic carbocycles. The topological polar surface area (TPSA) is 27.7 Å². The highest BCUT2D eigenvalue weighted by atomic mass is 35.5. The van der Waals surface area contributed by atoms with E-state index < -0.39 is 0 Å². The van der Waals surface area contributed by atoms with Crippen molar-refractivity contribution in [1.82, 2.24) is 10.2 Å². The number of benzene rings is 3. The van der Waals surface area contributed by atoms with Crippen molar-refractivity contribution in [2.75, 3.05) is 51.3 Å². The van der Waals surface area contributed by atoms with Crippen LogP contribution in [-0.2, 0) is 6.42 Å². The van der Waals surface area contributed by atoms with Gasteiger partial charge < -0.3 is 15.0 Å². The highest BCUT2D eigenvalue weighted by Crippen LogP contribution is 2.28. The highest BCUT2D eigenvalue weighted by Gasteiger charge is 2.19. The molecule has 1 N–H and O–H groups in total. The summed E-state index contributed by atoms with van der Waals surface area (Å²) in [5.74, 6) is 0.962. The number of nitrogens with one attached hydrogen (secondary N) is 1. The van der Waals surface area contributed by atoms with Crippen LogP contribution < -0.4 is 15.0 Å². The average molecular weight is 452 g/mol. The summed E-state index contributed by atoms with van der Waals surface area (Å²) in [4.78, 5) is 4.99. The molecule has 1 atom stereocenters. The van der Waals surface area contributed by atoms with E-state index in [4.69, 9.17) is 4.74 Å². The Hall–Kier alpha value is -2.53. The number of anilines is 1. The highest BCUT2D eigenvalue weighted by molar-refractivity contribution is 5.85. The number of hydrogen-bond acceptors (Lipinski definition) is 4. The monoisotopic (exact) mass is 451 g/mol. The zero-order valence-electron chi connectivity index (χ0n) is 18.8. The standard InChI is InChI=1S/C27H33N3O.ClH/c1-31-27-15-9-8-14-26(27)30-20-18-29(19-21-30)17-16-28-25(24-12-6-3-7-13-24)22-23-10-4-2-5-11-23;/h2-15,25,28H,16-22H2,1H3;1H. The molecule has 1 aliphatic heterocycles. The summed E-state index contributed by atoms with van der Waals surface area (Å²) in [6.07, 6.45) is 1.01. The van der Waals surface area contributed by atoms with Gasteiger partial charge in [-0.15, -0.1) is 12.4 Å². The van der Waals surface area contributed by atoms with Crippen molar-refractivity contribution < 1.29 is 4.74 Å². The molecule has 0 bridgehead atoms. The van der Waals surface area contributed by atoms with Crippen LogP contribution in [0.3, 0.4) is 0 Å². The van der Waals surface area contributed by atoms with Gasteiger partial charge in [0.15, 0.2) is 0 Å². The Morgan fingerprint density at radius 2 is 1.44 bits per heavy atom. The van der Waals surface area contributed by atoms with Gasteiger partial charge in [0.1, 0.15) is 5.75 Å². The summed E-state index contributed by atoms with van der Waals surface area (Å²) in [7, 11) is 1.75. The lowest BCUT2D eigenvalue weighted by Gasteiger charge is -2.36. The first-order chi connectivity index (χ1) is 15.3. The van der Waals surface area contributed by atoms with Crippen molar-refractivity contribution in [3.05, 3.63) is 96.1 Å². The summed E-state index contributed by atoms with van der Waals surface area (Å²) in [5.41, 5.74) is 3.93. The van der Waals surface area contributed by atoms with E-state index in [1.807, 2.05) is 12.1 Å². The van der Waals surface area contributed by atoms with E-state index in [2.05, 4.69) is 87.9 Å². The Labute approximate surface area is 198 Å². The summed E-state index contributed by atoms with van der Waals surface area (Å²) in [6.45, 7) is 6.28. The lowest BCUT2D eigenvalue weighted by molar-refractivity contribution is 0.253. The van der Waals surface area contributed by atoms with E-state index in [1.54, 1.807) is 7.11 Å². The Morgan fingerprint density at radius 1 is 0.812 bits per heavy atom. The van der Waals surface area contributed by atoms with Crippen molar-refractivity contribution >= 4 is 18.1 Å². The second kappa shape index (κ2) is 12.5. The number of halogens is 1. The molecule has 170 valence electrons. The van der Waals surface area contributed by atoms with Gasteiger partial charge in [-0.25, -0.2) is 0 Å². The number of piperazine rings is 1. The molecular weight excluding hydrogens is 418 g/mol. The normalized spacial score (nSPS) is 15.1. The number of nitrogens with zero attached hydrogens (tertiary/aromatic N) is 2. The quantitative estimate of drug-likeness (QED) is 0.505. The average Bonchev–Trinajstić information content (AvgIpc) is 2.85. The summed E-state index contributed by atoms with van der Waals surface area (Å²) in [6, 6.07) is 30.2. The van der Waals surface area contributed by atoms with Crippen molar-refractivity contribution in [3.63, 3.8) is 0 Å². The lowest BCUT2D eigenvalue weighted by Crippen LogP contribution is -2.48. The molecular formula is C27H34ClN3O. The summed E-state index contributed by atoms with van der Waals surface area (Å²) >= 11 is 0. The van der Waals surface area contributed by atoms with Gasteiger partial charge in [0.05, 0.1) is 12.8 Å². The van der Waals surface area contributed by atoms with Crippen molar-refractivity contribution in [1.29, 1.82) is 0 Å². The molecule has 1 unspecified atom stereocenters. The molecule has 0 spiro atoms. The molecule has 1 heterocycles. The maximum absolute atomic E-state index is 5.54. The molecule has 0 aromatic heterocycles. The molecule has 4 nitrogen and oxygen atoms in total. The number of ether oxygens (including phenoxy) is 1. The predicted molar refractivity (Wildman–Crippen MR) is 136 cm³/mol. The van der Waals surface area contributed by atoms with Gasteiger partial charge in [0.25, 0.3) is 0 Å². The number of para-hydroxylation sites is 2. The minimum Gasteiger partial charge on any atom is -0.495 e. The molecule has 1 fully saturated rings. The van der Waals surface area contributed by atoms with Gasteiger partial charge in [0, 0.05) is 45.3 Å². The second-order valence-corrected chi connectivity index (χ2v) is 8.11. The fraction of sp³-hybridized carbons (Fsp3) is 0.333. The van der Waals surface area contributed by atoms with Gasteiger partial charge >= 0.3 is 0 Å². The van der Waals surface area contributed by atoms with Gasteiger partial charge in [-0.1, -0.05) is 72.8 Å². The SMILES string of the molecule is COc1ccccc1N1CCN(CCNC(Cc2ccccc2)c2ccccc2)CC1.Cl. The Balaban J connectivity index is 0.00000289. The minimum atomic E-state index is 0. The van der Waals surface area contributed by atoms with E-state index in [0.29, 0.717) is 6.04 Å². The Kier molecular flexibility index (Phi) is 9.42. The van der Waals surface area contributed by atoms with Gasteiger partial charge in [0.2, 0.25) is 0 Å². The summed E-state index contributed by atoms with van der Waals surface area (Å²) in [5, 5.41) is 3.82. The van der Waals surface area contributed by atoms with Crippen molar-refractivity contribution in [2.45, 2.75) is 12.5 Å². The third kappa shape index (κ3) is 6.49. The lowest BCUT2D eigenvalue weighted by atomic mass is 9.99. The van der Waals surface area contributed by atoms with Crippen LogP contribution in [0.5, 0.6) is 5.75 Å². The zero-order chi connectivity index (χ0) is 21.3. The minimum absolute atomic E-state index is 0. The third-order valence-electron chi connectivity index (χ3n) is 6.10. The van der Waals surface area contributed by atoms with Gasteiger partial charge in [-0.3, -0.25) is 4.90 Å². The largest absolute Gasteiger partial charge is 0.495 e. The molecule has 4 rings (SSSR count). The zero-order valence-corrected chi connectivity index (χ0v) is 19.6. The van der Waals surface area contributed by atoms with Gasteiger partial charge in [-0.2, -0.15) is 0 Å². The molecule has 32 heavy (non-hydrogen) atoms. The molecule has 3 aromatic rings. The van der Waals surface area contributed by atoms with Gasteiger partial charge in [-0.05, 0) is 29.7 Å². The maximum Gasteiger partial charge on any atom is 0.142 e. The van der Waals surface area contributed by atoms with Crippen LogP contribution in [0.2, 0.25) is 0 Å². The first-order valence-electron chi connectivity index (χ1n) is 11.3. The van der Waals surface area contributed by atoms with Crippen LogP contribution in [0.25, 0.3) is 0 Å². The molecule has 5 heteroatoms. The summed E-state index contributed by atoms with van der Waals surface area (Å²) < 4.78 is 5.54. The van der Waals surface area contributed by atoms with E-state index in [0.717, 1.165) is 51.4 Å². The van der Waals surface area contributed by atoms with Crippen molar-refractivity contribution in [2.24, 2.45) is 0 Å². The van der Waals surface area contributed by atoms with Crippen molar-refractivity contribution in [3.8, 4) is 5.75 Å². The molecule has 3 aromatic carbocycles. The van der Waals surface area contributed by atoms with Crippen LogP contribution >= 0.6 is 12.4 Å². The number of rotatable bonds is 9. The predicted octanol–water partition coefficient (Wildman–Crippen LogP) is 4.81. The first-order valence-corrected chi connectivity index (χ1v) is 11.3. The molecule has 1 aliphatic rings. The fourth-order valence-electron chi connectivity index (χ4n) is 4.34. The van der Waals surface area contributed by atoms with Crippen LogP contribution in [0.4, 0.5) is 5.69 Å². The molecule has 0 saturated carbocycles. The van der Waals surface area contributed by atoms with Crippen LogP contribution in [0, 0.1) is 0 Å². The first kappa shape index (κ1) is 24.1. The second-order valence-electron chi connectivity index (χ2n) is 8.11. The fourth-order valence-corrected chi connectivity index (χ4v) is 4.34. The molecule has 0 amide bonds. The van der Waals surface area contributed by atoms with Crippen LogP contribution in [0.1, 0.15) is 17.2 Å². The number of hydrogen-bond donors (Lipinski definition) is 1. The van der Waals surface area contributed by atoms with E-state index in [-0.39, 0.29) is 12.4 Å². The number of methoxy groups -OCH3 is 1. The van der Waals surface area contributed by atoms with Crippen LogP contribution in [-0.4, -0.2) is 51.3 Å². The third-order valence-corrected chi connectivity index (χ3v) is 6.10. The van der Waals surface area contributed by atoms with E-state index >= 15 is 0 Å². The van der Waals surface area contributed by atoms with Crippen LogP contribution in [0.15, 0.2) is 84.9 Å². The maximum atomic E-state index is 5.54. The smallest absolute Gasteiger partial charge is 0.142 e. The Morgan fingerprint density at radius 3 is 2.12 bits per heavy atom. The van der Waals surface area contributed by atoms with E-state index in [9.17, 15) is 0 Å². The van der Waals surface area contributed by atoms with E-state index in [1.165, 1.54) is 16.8 Å². The molecule has 1 saturated heterocycles. The molecule has 0 radical (unpaired) electrons. The Bertz CT molecular complexity index is 914.